The van der Waals surface area contributed by atoms with Gasteiger partial charge in [-0.25, -0.2) is 0 Å². The normalized spacial score (nSPS) is 12.2. The van der Waals surface area contributed by atoms with Gasteiger partial charge in [0.25, 0.3) is 5.56 Å². The van der Waals surface area contributed by atoms with E-state index in [1.54, 1.807) is 19.2 Å². The van der Waals surface area contributed by atoms with E-state index in [-0.39, 0.29) is 35.6 Å². The quantitative estimate of drug-likeness (QED) is 0.283. The van der Waals surface area contributed by atoms with Crippen molar-refractivity contribution in [3.8, 4) is 0 Å². The monoisotopic (exact) mass is 468 g/mol. The predicted octanol–water partition coefficient (Wildman–Crippen LogP) is 3.48. The van der Waals surface area contributed by atoms with Crippen LogP contribution in [0.15, 0.2) is 58.3 Å². The molecule has 1 unspecified atom stereocenters. The lowest BCUT2D eigenvalue weighted by Crippen LogP contribution is -2.39. The van der Waals surface area contributed by atoms with Gasteiger partial charge in [-0.1, -0.05) is 36.4 Å². The number of aliphatic imine (C=N–C) groups is 1. The molecule has 142 valence electrons. The Balaban J connectivity index is 0.00000338. The molecule has 2 N–H and O–H groups in total. The highest BCUT2D eigenvalue weighted by Gasteiger charge is 2.06. The highest BCUT2D eigenvalue weighted by atomic mass is 127. The van der Waals surface area contributed by atoms with Gasteiger partial charge in [-0.2, -0.15) is 0 Å². The summed E-state index contributed by atoms with van der Waals surface area (Å²) >= 11 is 0. The summed E-state index contributed by atoms with van der Waals surface area (Å²) in [7, 11) is 1.78. The van der Waals surface area contributed by atoms with E-state index in [0.29, 0.717) is 0 Å². The Hall–Kier alpha value is -1.83. The van der Waals surface area contributed by atoms with Crippen LogP contribution in [-0.4, -0.2) is 24.1 Å². The molecule has 1 aromatic carbocycles. The molecule has 0 aliphatic carbocycles. The first-order valence-electron chi connectivity index (χ1n) is 8.80. The molecule has 1 heterocycles. The van der Waals surface area contributed by atoms with Crippen LogP contribution < -0.4 is 16.2 Å². The fourth-order valence-corrected chi connectivity index (χ4v) is 2.74. The van der Waals surface area contributed by atoms with E-state index in [1.807, 2.05) is 35.8 Å². The largest absolute Gasteiger partial charge is 0.356 e. The van der Waals surface area contributed by atoms with Crippen molar-refractivity contribution >= 4 is 29.9 Å². The predicted molar refractivity (Wildman–Crippen MR) is 119 cm³/mol. The molecular weight excluding hydrogens is 439 g/mol. The molecule has 0 bridgehead atoms. The van der Waals surface area contributed by atoms with E-state index in [9.17, 15) is 4.79 Å². The van der Waals surface area contributed by atoms with Crippen LogP contribution in [0.3, 0.4) is 0 Å². The smallest absolute Gasteiger partial charge is 0.250 e. The molecule has 0 spiro atoms. The van der Waals surface area contributed by atoms with E-state index in [4.69, 9.17) is 0 Å². The van der Waals surface area contributed by atoms with Crippen LogP contribution >= 0.6 is 24.0 Å². The van der Waals surface area contributed by atoms with E-state index < -0.39 is 0 Å². The van der Waals surface area contributed by atoms with Crippen LogP contribution in [-0.2, 0) is 6.54 Å². The van der Waals surface area contributed by atoms with Crippen molar-refractivity contribution in [2.45, 2.75) is 39.3 Å². The third-order valence-electron chi connectivity index (χ3n) is 4.25. The number of halogens is 1. The van der Waals surface area contributed by atoms with Gasteiger partial charge in [0.05, 0.1) is 6.04 Å². The molecule has 0 aliphatic heterocycles. The first kappa shape index (κ1) is 22.2. The summed E-state index contributed by atoms with van der Waals surface area (Å²) in [5.41, 5.74) is 2.31. The molecule has 26 heavy (non-hydrogen) atoms. The Morgan fingerprint density at radius 1 is 1.12 bits per heavy atom. The fourth-order valence-electron chi connectivity index (χ4n) is 2.74. The average Bonchev–Trinajstić information content (AvgIpc) is 2.63. The molecule has 0 fully saturated rings. The number of benzene rings is 1. The van der Waals surface area contributed by atoms with Crippen molar-refractivity contribution in [3.63, 3.8) is 0 Å². The summed E-state index contributed by atoms with van der Waals surface area (Å²) in [5.74, 6) is 0.796. The van der Waals surface area contributed by atoms with Crippen molar-refractivity contribution in [2.75, 3.05) is 13.6 Å². The maximum absolute atomic E-state index is 11.8. The molecule has 0 amide bonds. The van der Waals surface area contributed by atoms with Gasteiger partial charge in [-0.15, -0.1) is 24.0 Å². The minimum absolute atomic E-state index is 0. The number of aromatic nitrogens is 1. The third kappa shape index (κ3) is 6.82. The lowest BCUT2D eigenvalue weighted by Gasteiger charge is -2.18. The number of aryl methyl sites for hydroxylation is 1. The number of pyridine rings is 1. The first-order valence-corrected chi connectivity index (χ1v) is 8.80. The summed E-state index contributed by atoms with van der Waals surface area (Å²) in [6, 6.07) is 15.9. The van der Waals surface area contributed by atoms with Gasteiger partial charge in [-0.3, -0.25) is 9.79 Å². The molecule has 2 aromatic rings. The molecular formula is C20H29IN4O. The van der Waals surface area contributed by atoms with Crippen molar-refractivity contribution in [1.82, 2.24) is 15.2 Å². The van der Waals surface area contributed by atoms with Crippen molar-refractivity contribution < 1.29 is 0 Å². The third-order valence-corrected chi connectivity index (χ3v) is 4.25. The summed E-state index contributed by atoms with van der Waals surface area (Å²) in [6.45, 7) is 5.66. The van der Waals surface area contributed by atoms with Crippen molar-refractivity contribution in [3.05, 3.63) is 70.1 Å². The number of hydrogen-bond donors (Lipinski definition) is 2. The van der Waals surface area contributed by atoms with Gasteiger partial charge >= 0.3 is 0 Å². The summed E-state index contributed by atoms with van der Waals surface area (Å²) in [4.78, 5) is 16.1. The van der Waals surface area contributed by atoms with E-state index >= 15 is 0 Å². The Morgan fingerprint density at radius 3 is 2.50 bits per heavy atom. The molecule has 1 atom stereocenters. The minimum Gasteiger partial charge on any atom is -0.356 e. The van der Waals surface area contributed by atoms with Crippen LogP contribution in [0.4, 0.5) is 0 Å². The number of rotatable bonds is 7. The topological polar surface area (TPSA) is 58.4 Å². The highest BCUT2D eigenvalue weighted by Crippen LogP contribution is 2.10. The summed E-state index contributed by atoms with van der Waals surface area (Å²) in [6.07, 6.45) is 1.92. The SMILES string of the molecule is CN=C(NCCCCn1c(C)cccc1=O)NC(C)c1ccccc1.I. The second-order valence-electron chi connectivity index (χ2n) is 6.14. The molecule has 6 heteroatoms. The molecule has 5 nitrogen and oxygen atoms in total. The Morgan fingerprint density at radius 2 is 1.85 bits per heavy atom. The van der Waals surface area contributed by atoms with Gasteiger partial charge < -0.3 is 15.2 Å². The number of hydrogen-bond acceptors (Lipinski definition) is 2. The number of unbranched alkanes of at least 4 members (excludes halogenated alkanes) is 1. The first-order chi connectivity index (χ1) is 12.1. The molecule has 0 aliphatic rings. The Kier molecular flexibility index (Phi) is 10.0. The molecule has 0 radical (unpaired) electrons. The molecule has 0 saturated carbocycles. The van der Waals surface area contributed by atoms with Gasteiger partial charge in [0.15, 0.2) is 5.96 Å². The molecule has 1 aromatic heterocycles. The number of guanidine groups is 1. The standard InChI is InChI=1S/C20H28N4O.HI/c1-16-10-9-13-19(25)24(16)15-8-7-14-22-20(21-3)23-17(2)18-11-5-4-6-12-18;/h4-6,9-13,17H,7-8,14-15H2,1-3H3,(H2,21,22,23);1H. The zero-order valence-electron chi connectivity index (χ0n) is 15.7. The Bertz CT molecular complexity index is 743. The highest BCUT2D eigenvalue weighted by molar-refractivity contribution is 14.0. The van der Waals surface area contributed by atoms with Gasteiger partial charge in [-0.05, 0) is 38.3 Å². The second kappa shape index (κ2) is 11.7. The number of nitrogens with one attached hydrogen (secondary N) is 2. The maximum Gasteiger partial charge on any atom is 0.250 e. The van der Waals surface area contributed by atoms with Gasteiger partial charge in [0, 0.05) is 31.9 Å². The van der Waals surface area contributed by atoms with Crippen molar-refractivity contribution in [1.29, 1.82) is 0 Å². The number of nitrogens with zero attached hydrogens (tertiary/aromatic N) is 2. The Labute approximate surface area is 173 Å². The summed E-state index contributed by atoms with van der Waals surface area (Å²) in [5, 5.41) is 6.73. The van der Waals surface area contributed by atoms with E-state index in [0.717, 1.165) is 37.6 Å². The van der Waals surface area contributed by atoms with Gasteiger partial charge in [0.2, 0.25) is 0 Å². The minimum atomic E-state index is 0. The lowest BCUT2D eigenvalue weighted by molar-refractivity contribution is 0.572. The van der Waals surface area contributed by atoms with Crippen LogP contribution in [0, 0.1) is 6.92 Å². The second-order valence-corrected chi connectivity index (χ2v) is 6.14. The van der Waals surface area contributed by atoms with Crippen LogP contribution in [0.25, 0.3) is 0 Å². The zero-order chi connectivity index (χ0) is 18.1. The molecule has 0 saturated heterocycles. The zero-order valence-corrected chi connectivity index (χ0v) is 18.1. The van der Waals surface area contributed by atoms with Crippen molar-refractivity contribution in [2.24, 2.45) is 4.99 Å². The average molecular weight is 468 g/mol. The van der Waals surface area contributed by atoms with Gasteiger partial charge in [0.1, 0.15) is 0 Å². The molecule has 2 rings (SSSR count). The van der Waals surface area contributed by atoms with Crippen LogP contribution in [0.2, 0.25) is 0 Å². The maximum atomic E-state index is 11.8. The van der Waals surface area contributed by atoms with Crippen LogP contribution in [0.5, 0.6) is 0 Å². The summed E-state index contributed by atoms with van der Waals surface area (Å²) < 4.78 is 1.82. The van der Waals surface area contributed by atoms with Crippen LogP contribution in [0.1, 0.15) is 37.1 Å². The lowest BCUT2D eigenvalue weighted by atomic mass is 10.1. The van der Waals surface area contributed by atoms with E-state index in [2.05, 4.69) is 34.7 Å². The van der Waals surface area contributed by atoms with E-state index in [1.165, 1.54) is 5.56 Å². The fraction of sp³-hybridized carbons (Fsp3) is 0.400.